The lowest BCUT2D eigenvalue weighted by molar-refractivity contribution is -0.138. The molecule has 1 aromatic rings. The number of amides is 2. The predicted molar refractivity (Wildman–Crippen MR) is 78.0 cm³/mol. The average Bonchev–Trinajstić information content (AvgIpc) is 2.97. The number of ether oxygens (including phenoxy) is 1. The van der Waals surface area contributed by atoms with Crippen LogP contribution in [0, 0.1) is 0 Å². The number of benzene rings is 1. The van der Waals surface area contributed by atoms with Crippen LogP contribution < -0.4 is 10.1 Å². The van der Waals surface area contributed by atoms with E-state index in [0.29, 0.717) is 26.1 Å². The van der Waals surface area contributed by atoms with Gasteiger partial charge in [-0.15, -0.1) is 0 Å². The fourth-order valence-corrected chi connectivity index (χ4v) is 2.94. The molecular weight excluding hydrogens is 268 g/mol. The molecule has 3 aliphatic rings. The topological polar surface area (TPSA) is 58.6 Å². The summed E-state index contributed by atoms with van der Waals surface area (Å²) in [4.78, 5) is 26.2. The number of carbonyl (C=O) groups is 2. The minimum Gasteiger partial charge on any atom is -0.493 e. The molecule has 2 bridgehead atoms. The van der Waals surface area contributed by atoms with Crippen molar-refractivity contribution in [3.63, 3.8) is 0 Å². The molecule has 0 saturated carbocycles. The van der Waals surface area contributed by atoms with Gasteiger partial charge in [-0.1, -0.05) is 12.1 Å². The lowest BCUT2D eigenvalue weighted by atomic mass is 10.1. The summed E-state index contributed by atoms with van der Waals surface area (Å²) in [7, 11) is 0. The van der Waals surface area contributed by atoms with Crippen LogP contribution in [0.15, 0.2) is 24.3 Å². The number of rotatable bonds is 0. The monoisotopic (exact) mass is 288 g/mol. The number of nitrogens with one attached hydrogen (secondary N) is 1. The Morgan fingerprint density at radius 3 is 2.76 bits per heavy atom. The van der Waals surface area contributed by atoms with Gasteiger partial charge in [0.2, 0.25) is 11.8 Å². The van der Waals surface area contributed by atoms with E-state index in [1.165, 1.54) is 5.56 Å². The van der Waals surface area contributed by atoms with E-state index in [-0.39, 0.29) is 17.9 Å². The van der Waals surface area contributed by atoms with Gasteiger partial charge in [0.25, 0.3) is 0 Å². The largest absolute Gasteiger partial charge is 0.493 e. The summed E-state index contributed by atoms with van der Waals surface area (Å²) < 4.78 is 5.60. The van der Waals surface area contributed by atoms with E-state index in [0.717, 1.165) is 25.0 Å². The van der Waals surface area contributed by atoms with Gasteiger partial charge in [-0.25, -0.2) is 0 Å². The summed E-state index contributed by atoms with van der Waals surface area (Å²) in [6.07, 6.45) is 2.74. The van der Waals surface area contributed by atoms with Crippen molar-refractivity contribution in [2.45, 2.75) is 31.7 Å². The van der Waals surface area contributed by atoms with E-state index in [1.807, 2.05) is 24.3 Å². The fourth-order valence-electron chi connectivity index (χ4n) is 2.94. The molecule has 21 heavy (non-hydrogen) atoms. The first-order chi connectivity index (χ1) is 10.2. The third-order valence-corrected chi connectivity index (χ3v) is 4.10. The van der Waals surface area contributed by atoms with Crippen LogP contribution in [0.4, 0.5) is 0 Å². The highest BCUT2D eigenvalue weighted by Crippen LogP contribution is 2.19. The Morgan fingerprint density at radius 2 is 1.95 bits per heavy atom. The molecular formula is C16H20N2O3. The molecule has 2 amide bonds. The average molecular weight is 288 g/mol. The Bertz CT molecular complexity index is 480. The summed E-state index contributed by atoms with van der Waals surface area (Å²) in [5.74, 6) is 0.752. The molecule has 4 rings (SSSR count). The van der Waals surface area contributed by atoms with E-state index in [4.69, 9.17) is 4.74 Å². The molecule has 1 unspecified atom stereocenters. The minimum atomic E-state index is -0.304. The molecule has 3 heterocycles. The summed E-state index contributed by atoms with van der Waals surface area (Å²) in [5.41, 5.74) is 1.17. The molecule has 1 N–H and O–H groups in total. The number of nitrogens with zero attached hydrogens (tertiary/aromatic N) is 1. The molecule has 5 heteroatoms. The lowest BCUT2D eigenvalue weighted by Gasteiger charge is -2.24. The SMILES string of the molecule is O=C1NCCc2ccc(cc2)OCCC(=O)N2CCCC12. The second-order valence-corrected chi connectivity index (χ2v) is 5.53. The van der Waals surface area contributed by atoms with Crippen molar-refractivity contribution >= 4 is 11.8 Å². The zero-order valence-corrected chi connectivity index (χ0v) is 12.0. The van der Waals surface area contributed by atoms with Crippen molar-refractivity contribution in [2.75, 3.05) is 19.7 Å². The molecule has 0 spiro atoms. The molecule has 0 aliphatic carbocycles. The van der Waals surface area contributed by atoms with Crippen molar-refractivity contribution in [2.24, 2.45) is 0 Å². The summed E-state index contributed by atoms with van der Waals surface area (Å²) >= 11 is 0. The number of hydrogen-bond donors (Lipinski definition) is 1. The van der Waals surface area contributed by atoms with Crippen molar-refractivity contribution in [3.05, 3.63) is 29.8 Å². The highest BCUT2D eigenvalue weighted by atomic mass is 16.5. The Balaban J connectivity index is 1.76. The van der Waals surface area contributed by atoms with Gasteiger partial charge in [-0.3, -0.25) is 9.59 Å². The van der Waals surface area contributed by atoms with Crippen LogP contribution >= 0.6 is 0 Å². The molecule has 1 aromatic carbocycles. The minimum absolute atomic E-state index is 0.00123. The maximum atomic E-state index is 12.2. The van der Waals surface area contributed by atoms with Crippen molar-refractivity contribution in [1.29, 1.82) is 0 Å². The number of fused-ring (bicyclic) bond motifs is 8. The van der Waals surface area contributed by atoms with Gasteiger partial charge in [0.1, 0.15) is 11.8 Å². The second-order valence-electron chi connectivity index (χ2n) is 5.53. The Labute approximate surface area is 124 Å². The smallest absolute Gasteiger partial charge is 0.242 e. The summed E-state index contributed by atoms with van der Waals surface area (Å²) in [6.45, 7) is 1.62. The molecule has 1 saturated heterocycles. The first kappa shape index (κ1) is 13.9. The van der Waals surface area contributed by atoms with Crippen LogP contribution in [0.2, 0.25) is 0 Å². The van der Waals surface area contributed by atoms with Crippen LogP contribution in [-0.4, -0.2) is 42.5 Å². The van der Waals surface area contributed by atoms with Crippen molar-refractivity contribution in [1.82, 2.24) is 10.2 Å². The standard InChI is InChI=1S/C16H20N2O3/c19-15-8-11-21-13-5-3-12(4-6-13)7-9-17-16(20)14-2-1-10-18(14)15/h3-6,14H,1-2,7-11H2,(H,17,20). The Kier molecular flexibility index (Phi) is 4.08. The lowest BCUT2D eigenvalue weighted by Crippen LogP contribution is -2.46. The van der Waals surface area contributed by atoms with Crippen LogP contribution in [0.5, 0.6) is 5.75 Å². The maximum absolute atomic E-state index is 12.2. The maximum Gasteiger partial charge on any atom is 0.242 e. The molecule has 3 aliphatic heterocycles. The Morgan fingerprint density at radius 1 is 1.14 bits per heavy atom. The molecule has 0 aromatic heterocycles. The normalized spacial score (nSPS) is 23.2. The van der Waals surface area contributed by atoms with E-state index in [9.17, 15) is 9.59 Å². The molecule has 0 radical (unpaired) electrons. The predicted octanol–water partition coefficient (Wildman–Crippen LogP) is 1.12. The highest BCUT2D eigenvalue weighted by molar-refractivity contribution is 5.88. The Hall–Kier alpha value is -2.04. The molecule has 5 nitrogen and oxygen atoms in total. The second kappa shape index (κ2) is 6.16. The quantitative estimate of drug-likeness (QED) is 0.778. The molecule has 112 valence electrons. The van der Waals surface area contributed by atoms with Gasteiger partial charge >= 0.3 is 0 Å². The van der Waals surface area contributed by atoms with Crippen molar-refractivity contribution in [3.8, 4) is 5.75 Å². The van der Waals surface area contributed by atoms with E-state index in [2.05, 4.69) is 5.32 Å². The molecule has 1 atom stereocenters. The van der Waals surface area contributed by atoms with Gasteiger partial charge in [0, 0.05) is 13.1 Å². The summed E-state index contributed by atoms with van der Waals surface area (Å²) in [6, 6.07) is 7.51. The van der Waals surface area contributed by atoms with Gasteiger partial charge in [-0.2, -0.15) is 0 Å². The summed E-state index contributed by atoms with van der Waals surface area (Å²) in [5, 5.41) is 2.95. The van der Waals surface area contributed by atoms with Crippen LogP contribution in [0.1, 0.15) is 24.8 Å². The van der Waals surface area contributed by atoms with Crippen LogP contribution in [-0.2, 0) is 16.0 Å². The highest BCUT2D eigenvalue weighted by Gasteiger charge is 2.33. The van der Waals surface area contributed by atoms with Gasteiger partial charge in [0.05, 0.1) is 13.0 Å². The van der Waals surface area contributed by atoms with Crippen molar-refractivity contribution < 1.29 is 14.3 Å². The zero-order valence-electron chi connectivity index (χ0n) is 12.0. The van der Waals surface area contributed by atoms with E-state index >= 15 is 0 Å². The third kappa shape index (κ3) is 3.17. The first-order valence-electron chi connectivity index (χ1n) is 7.53. The van der Waals surface area contributed by atoms with E-state index in [1.54, 1.807) is 4.90 Å². The van der Waals surface area contributed by atoms with Gasteiger partial charge < -0.3 is 15.0 Å². The third-order valence-electron chi connectivity index (χ3n) is 4.10. The number of carbonyl (C=O) groups excluding carboxylic acids is 2. The van der Waals surface area contributed by atoms with E-state index < -0.39 is 0 Å². The van der Waals surface area contributed by atoms with Crippen LogP contribution in [0.25, 0.3) is 0 Å². The van der Waals surface area contributed by atoms with Gasteiger partial charge in [0.15, 0.2) is 0 Å². The first-order valence-corrected chi connectivity index (χ1v) is 7.53. The number of hydrogen-bond acceptors (Lipinski definition) is 3. The zero-order chi connectivity index (χ0) is 14.7. The molecule has 1 fully saturated rings. The fraction of sp³-hybridized carbons (Fsp3) is 0.500. The van der Waals surface area contributed by atoms with Crippen LogP contribution in [0.3, 0.4) is 0 Å². The van der Waals surface area contributed by atoms with Gasteiger partial charge in [-0.05, 0) is 37.0 Å².